The van der Waals surface area contributed by atoms with Gasteiger partial charge < -0.3 is 10.3 Å². The van der Waals surface area contributed by atoms with Gasteiger partial charge in [0.2, 0.25) is 0 Å². The molecular weight excluding hydrogens is 333 g/mol. The Bertz CT molecular complexity index is 976. The molecule has 4 nitrogen and oxygen atoms in total. The van der Waals surface area contributed by atoms with E-state index in [9.17, 15) is 22.8 Å². The molecular formula is C18H13F3N2O2. The van der Waals surface area contributed by atoms with Gasteiger partial charge in [-0.2, -0.15) is 13.2 Å². The van der Waals surface area contributed by atoms with Crippen LogP contribution in [0.2, 0.25) is 0 Å². The van der Waals surface area contributed by atoms with Crippen LogP contribution in [0.3, 0.4) is 0 Å². The molecule has 0 atom stereocenters. The maximum atomic E-state index is 12.5. The first kappa shape index (κ1) is 16.8. The Labute approximate surface area is 140 Å². The first-order valence-electron chi connectivity index (χ1n) is 7.41. The van der Waals surface area contributed by atoms with E-state index in [1.165, 1.54) is 12.1 Å². The van der Waals surface area contributed by atoms with Crippen molar-refractivity contribution in [1.82, 2.24) is 10.3 Å². The van der Waals surface area contributed by atoms with Crippen molar-refractivity contribution in [2.75, 3.05) is 0 Å². The van der Waals surface area contributed by atoms with Crippen molar-refractivity contribution in [2.45, 2.75) is 12.7 Å². The molecule has 0 fully saturated rings. The highest BCUT2D eigenvalue weighted by atomic mass is 19.4. The van der Waals surface area contributed by atoms with Crippen molar-refractivity contribution in [1.29, 1.82) is 0 Å². The molecule has 0 aliphatic carbocycles. The number of hydrogen-bond acceptors (Lipinski definition) is 2. The van der Waals surface area contributed by atoms with Crippen molar-refractivity contribution < 1.29 is 18.0 Å². The molecule has 2 aromatic carbocycles. The van der Waals surface area contributed by atoms with E-state index in [-0.39, 0.29) is 17.8 Å². The molecule has 0 radical (unpaired) electrons. The van der Waals surface area contributed by atoms with Crippen LogP contribution in [-0.2, 0) is 12.7 Å². The van der Waals surface area contributed by atoms with Crippen LogP contribution in [0.4, 0.5) is 13.2 Å². The minimum absolute atomic E-state index is 0.0474. The number of aromatic nitrogens is 1. The maximum Gasteiger partial charge on any atom is 0.416 e. The number of nitrogens with one attached hydrogen (secondary N) is 2. The maximum absolute atomic E-state index is 12.5. The van der Waals surface area contributed by atoms with Crippen LogP contribution in [0.25, 0.3) is 10.8 Å². The largest absolute Gasteiger partial charge is 0.416 e. The van der Waals surface area contributed by atoms with Crippen molar-refractivity contribution in [3.05, 3.63) is 81.8 Å². The minimum atomic E-state index is -4.40. The van der Waals surface area contributed by atoms with E-state index in [0.717, 1.165) is 12.1 Å². The van der Waals surface area contributed by atoms with E-state index < -0.39 is 17.6 Å². The Morgan fingerprint density at radius 1 is 1.04 bits per heavy atom. The lowest BCUT2D eigenvalue weighted by Crippen LogP contribution is -2.26. The number of pyridine rings is 1. The fourth-order valence-electron chi connectivity index (χ4n) is 2.42. The number of alkyl halides is 3. The molecule has 1 heterocycles. The zero-order chi connectivity index (χ0) is 18.0. The molecule has 3 rings (SSSR count). The van der Waals surface area contributed by atoms with Gasteiger partial charge in [0.05, 0.1) is 5.56 Å². The SMILES string of the molecule is O=C(NCc1ccc(C(F)(F)F)cc1)c1cc2ccccc2c(=O)[nH]1. The van der Waals surface area contributed by atoms with Crippen LogP contribution < -0.4 is 10.9 Å². The second-order valence-electron chi connectivity index (χ2n) is 5.48. The van der Waals surface area contributed by atoms with Crippen LogP contribution in [0.5, 0.6) is 0 Å². The molecule has 25 heavy (non-hydrogen) atoms. The van der Waals surface area contributed by atoms with Gasteiger partial charge in [-0.25, -0.2) is 0 Å². The monoisotopic (exact) mass is 346 g/mol. The zero-order valence-electron chi connectivity index (χ0n) is 12.9. The quantitative estimate of drug-likeness (QED) is 0.763. The van der Waals surface area contributed by atoms with Crippen LogP contribution in [0.15, 0.2) is 59.4 Å². The van der Waals surface area contributed by atoms with E-state index in [1.807, 2.05) is 0 Å². The second kappa shape index (κ2) is 6.43. The lowest BCUT2D eigenvalue weighted by Gasteiger charge is -2.09. The van der Waals surface area contributed by atoms with Crippen LogP contribution in [0, 0.1) is 0 Å². The third kappa shape index (κ3) is 3.71. The van der Waals surface area contributed by atoms with Gasteiger partial charge in [0, 0.05) is 11.9 Å². The molecule has 0 saturated heterocycles. The van der Waals surface area contributed by atoms with E-state index in [1.54, 1.807) is 30.3 Å². The molecule has 3 aromatic rings. The highest BCUT2D eigenvalue weighted by Gasteiger charge is 2.29. The molecule has 0 aliphatic rings. The number of carbonyl (C=O) groups is 1. The standard InChI is InChI=1S/C18H13F3N2O2/c19-18(20,21)13-7-5-11(6-8-13)10-22-17(25)15-9-12-3-1-2-4-14(12)16(24)23-15/h1-9H,10H2,(H,22,25)(H,23,24). The van der Waals surface area contributed by atoms with Gasteiger partial charge in [-0.3, -0.25) is 9.59 Å². The number of H-pyrrole nitrogens is 1. The summed E-state index contributed by atoms with van der Waals surface area (Å²) < 4.78 is 37.6. The summed E-state index contributed by atoms with van der Waals surface area (Å²) in [4.78, 5) is 26.6. The van der Waals surface area contributed by atoms with Crippen molar-refractivity contribution in [2.24, 2.45) is 0 Å². The minimum Gasteiger partial charge on any atom is -0.347 e. The van der Waals surface area contributed by atoms with Gasteiger partial charge >= 0.3 is 6.18 Å². The number of rotatable bonds is 3. The first-order chi connectivity index (χ1) is 11.8. The number of fused-ring (bicyclic) bond motifs is 1. The molecule has 0 unspecified atom stereocenters. The zero-order valence-corrected chi connectivity index (χ0v) is 12.9. The molecule has 0 saturated carbocycles. The summed E-state index contributed by atoms with van der Waals surface area (Å²) in [6.45, 7) is 0.0474. The summed E-state index contributed by atoms with van der Waals surface area (Å²) in [6, 6.07) is 12.9. The third-order valence-electron chi connectivity index (χ3n) is 3.73. The number of halogens is 3. The molecule has 0 bridgehead atoms. The third-order valence-corrected chi connectivity index (χ3v) is 3.73. The molecule has 1 amide bonds. The molecule has 128 valence electrons. The van der Waals surface area contributed by atoms with Gasteiger partial charge in [0.25, 0.3) is 11.5 Å². The van der Waals surface area contributed by atoms with Crippen LogP contribution in [0.1, 0.15) is 21.6 Å². The van der Waals surface area contributed by atoms with Gasteiger partial charge in [-0.15, -0.1) is 0 Å². The number of aromatic amines is 1. The summed E-state index contributed by atoms with van der Waals surface area (Å²) in [6.07, 6.45) is -4.40. The lowest BCUT2D eigenvalue weighted by molar-refractivity contribution is -0.137. The average molecular weight is 346 g/mol. The smallest absolute Gasteiger partial charge is 0.347 e. The predicted octanol–water partition coefficient (Wildman–Crippen LogP) is 3.48. The lowest BCUT2D eigenvalue weighted by atomic mass is 10.1. The predicted molar refractivity (Wildman–Crippen MR) is 87.2 cm³/mol. The number of carbonyl (C=O) groups excluding carboxylic acids is 1. The van der Waals surface area contributed by atoms with Crippen LogP contribution in [-0.4, -0.2) is 10.9 Å². The molecule has 0 spiro atoms. The highest BCUT2D eigenvalue weighted by Crippen LogP contribution is 2.29. The van der Waals surface area contributed by atoms with E-state index in [2.05, 4.69) is 10.3 Å². The van der Waals surface area contributed by atoms with Gasteiger partial charge in [-0.05, 0) is 35.2 Å². The number of hydrogen-bond donors (Lipinski definition) is 2. The van der Waals surface area contributed by atoms with Gasteiger partial charge in [0.15, 0.2) is 0 Å². The Kier molecular flexibility index (Phi) is 4.31. The van der Waals surface area contributed by atoms with Crippen molar-refractivity contribution in [3.63, 3.8) is 0 Å². The van der Waals surface area contributed by atoms with Gasteiger partial charge in [-0.1, -0.05) is 30.3 Å². The summed E-state index contributed by atoms with van der Waals surface area (Å²) in [5.41, 5.74) is -0.515. The summed E-state index contributed by atoms with van der Waals surface area (Å²) in [5.74, 6) is -0.511. The average Bonchev–Trinajstić information content (AvgIpc) is 2.59. The van der Waals surface area contributed by atoms with Gasteiger partial charge in [0.1, 0.15) is 5.69 Å². The fraction of sp³-hybridized carbons (Fsp3) is 0.111. The first-order valence-corrected chi connectivity index (χ1v) is 7.41. The Morgan fingerprint density at radius 2 is 1.72 bits per heavy atom. The molecule has 7 heteroatoms. The highest BCUT2D eigenvalue weighted by molar-refractivity contribution is 5.96. The fourth-order valence-corrected chi connectivity index (χ4v) is 2.42. The molecule has 2 N–H and O–H groups in total. The van der Waals surface area contributed by atoms with Crippen LogP contribution >= 0.6 is 0 Å². The second-order valence-corrected chi connectivity index (χ2v) is 5.48. The summed E-state index contributed by atoms with van der Waals surface area (Å²) >= 11 is 0. The van der Waals surface area contributed by atoms with Crippen molar-refractivity contribution in [3.8, 4) is 0 Å². The Hall–Kier alpha value is -3.09. The van der Waals surface area contributed by atoms with Crippen molar-refractivity contribution >= 4 is 16.7 Å². The summed E-state index contributed by atoms with van der Waals surface area (Å²) in [5, 5.41) is 3.68. The number of benzene rings is 2. The molecule has 1 aromatic heterocycles. The van der Waals surface area contributed by atoms with E-state index in [4.69, 9.17) is 0 Å². The normalized spacial score (nSPS) is 11.5. The Balaban J connectivity index is 1.74. The number of amides is 1. The van der Waals surface area contributed by atoms with E-state index >= 15 is 0 Å². The van der Waals surface area contributed by atoms with E-state index in [0.29, 0.717) is 16.3 Å². The Morgan fingerprint density at radius 3 is 2.40 bits per heavy atom. The molecule has 0 aliphatic heterocycles. The topological polar surface area (TPSA) is 62.0 Å². The summed E-state index contributed by atoms with van der Waals surface area (Å²) in [7, 11) is 0.